The fourth-order valence-electron chi connectivity index (χ4n) is 1.58. The predicted molar refractivity (Wildman–Crippen MR) is 76.6 cm³/mol. The second kappa shape index (κ2) is 8.59. The van der Waals surface area contributed by atoms with E-state index in [1.807, 2.05) is 0 Å². The van der Waals surface area contributed by atoms with E-state index >= 15 is 0 Å². The van der Waals surface area contributed by atoms with Gasteiger partial charge in [-0.25, -0.2) is 4.39 Å². The number of nitrogens with one attached hydrogen (secondary N) is 1. The number of aliphatic hydroxyl groups is 1. The Morgan fingerprint density at radius 1 is 1.33 bits per heavy atom. The minimum absolute atomic E-state index is 0.158. The standard InChI is InChI=1S/C15H22FNO4/c1-15(19,8-10-20-2)11-17-14(18)7-9-21-13-5-3-12(16)4-6-13/h3-6,19H,7-11H2,1-2H3,(H,17,18). The molecule has 21 heavy (non-hydrogen) atoms. The summed E-state index contributed by atoms with van der Waals surface area (Å²) in [7, 11) is 1.56. The summed E-state index contributed by atoms with van der Waals surface area (Å²) in [6, 6.07) is 5.59. The summed E-state index contributed by atoms with van der Waals surface area (Å²) in [4.78, 5) is 11.6. The third-order valence-electron chi connectivity index (χ3n) is 2.92. The van der Waals surface area contributed by atoms with Gasteiger partial charge in [0.1, 0.15) is 11.6 Å². The summed E-state index contributed by atoms with van der Waals surface area (Å²) in [5, 5.41) is 12.6. The van der Waals surface area contributed by atoms with Crippen LogP contribution in [0.4, 0.5) is 4.39 Å². The van der Waals surface area contributed by atoms with Crippen LogP contribution in [0, 0.1) is 5.82 Å². The maximum absolute atomic E-state index is 12.7. The largest absolute Gasteiger partial charge is 0.493 e. The first kappa shape index (κ1) is 17.4. The smallest absolute Gasteiger partial charge is 0.223 e. The highest BCUT2D eigenvalue weighted by Gasteiger charge is 2.20. The monoisotopic (exact) mass is 299 g/mol. The molecule has 0 aliphatic heterocycles. The average molecular weight is 299 g/mol. The first-order valence-electron chi connectivity index (χ1n) is 6.79. The zero-order valence-corrected chi connectivity index (χ0v) is 12.4. The Morgan fingerprint density at radius 3 is 2.62 bits per heavy atom. The van der Waals surface area contributed by atoms with Crippen molar-refractivity contribution in [2.75, 3.05) is 26.9 Å². The van der Waals surface area contributed by atoms with Crippen LogP contribution in [-0.4, -0.2) is 43.5 Å². The van der Waals surface area contributed by atoms with Gasteiger partial charge in [-0.15, -0.1) is 0 Å². The van der Waals surface area contributed by atoms with Crippen molar-refractivity contribution >= 4 is 5.91 Å². The molecule has 2 N–H and O–H groups in total. The number of carbonyl (C=O) groups is 1. The first-order valence-corrected chi connectivity index (χ1v) is 6.79. The van der Waals surface area contributed by atoms with E-state index in [4.69, 9.17) is 9.47 Å². The Balaban J connectivity index is 2.20. The number of rotatable bonds is 9. The molecule has 1 amide bonds. The number of hydrogen-bond donors (Lipinski definition) is 2. The molecular formula is C15H22FNO4. The molecule has 0 radical (unpaired) electrons. The van der Waals surface area contributed by atoms with Crippen molar-refractivity contribution in [3.63, 3.8) is 0 Å². The highest BCUT2D eigenvalue weighted by atomic mass is 19.1. The third-order valence-corrected chi connectivity index (χ3v) is 2.92. The Hall–Kier alpha value is -1.66. The van der Waals surface area contributed by atoms with Crippen LogP contribution in [0.1, 0.15) is 19.8 Å². The molecule has 1 unspecified atom stereocenters. The molecule has 0 saturated heterocycles. The fraction of sp³-hybridized carbons (Fsp3) is 0.533. The predicted octanol–water partition coefficient (Wildman–Crippen LogP) is 1.50. The minimum Gasteiger partial charge on any atom is -0.493 e. The molecule has 0 bridgehead atoms. The Kier molecular flexibility index (Phi) is 7.11. The molecule has 118 valence electrons. The van der Waals surface area contributed by atoms with Gasteiger partial charge in [-0.1, -0.05) is 0 Å². The van der Waals surface area contributed by atoms with Gasteiger partial charge in [-0.3, -0.25) is 4.79 Å². The Bertz CT molecular complexity index is 434. The maximum atomic E-state index is 12.7. The third kappa shape index (κ3) is 7.63. The fourth-order valence-corrected chi connectivity index (χ4v) is 1.58. The van der Waals surface area contributed by atoms with Crippen LogP contribution >= 0.6 is 0 Å². The van der Waals surface area contributed by atoms with Gasteiger partial charge >= 0.3 is 0 Å². The Labute approximate surface area is 124 Å². The van der Waals surface area contributed by atoms with Crippen LogP contribution in [0.25, 0.3) is 0 Å². The van der Waals surface area contributed by atoms with Gasteiger partial charge in [-0.05, 0) is 31.2 Å². The van der Waals surface area contributed by atoms with Crippen molar-refractivity contribution in [3.8, 4) is 5.75 Å². The van der Waals surface area contributed by atoms with Crippen molar-refractivity contribution in [1.29, 1.82) is 0 Å². The highest BCUT2D eigenvalue weighted by Crippen LogP contribution is 2.11. The average Bonchev–Trinajstić information content (AvgIpc) is 2.45. The van der Waals surface area contributed by atoms with E-state index in [0.29, 0.717) is 18.8 Å². The van der Waals surface area contributed by atoms with Crippen molar-refractivity contribution < 1.29 is 23.8 Å². The zero-order chi connectivity index (χ0) is 15.7. The van der Waals surface area contributed by atoms with Gasteiger partial charge in [0.25, 0.3) is 0 Å². The molecule has 1 atom stereocenters. The number of halogens is 1. The summed E-state index contributed by atoms with van der Waals surface area (Å²) in [5.41, 5.74) is -0.997. The number of ether oxygens (including phenoxy) is 2. The van der Waals surface area contributed by atoms with Gasteiger partial charge in [-0.2, -0.15) is 0 Å². The Morgan fingerprint density at radius 2 is 2.00 bits per heavy atom. The lowest BCUT2D eigenvalue weighted by Gasteiger charge is -2.23. The van der Waals surface area contributed by atoms with Crippen molar-refractivity contribution in [1.82, 2.24) is 5.32 Å². The number of methoxy groups -OCH3 is 1. The van der Waals surface area contributed by atoms with Gasteiger partial charge in [0.2, 0.25) is 5.91 Å². The van der Waals surface area contributed by atoms with Gasteiger partial charge in [0.15, 0.2) is 0 Å². The lowest BCUT2D eigenvalue weighted by atomic mass is 10.0. The minimum atomic E-state index is -0.997. The SMILES string of the molecule is COCCC(C)(O)CNC(=O)CCOc1ccc(F)cc1. The van der Waals surface area contributed by atoms with E-state index in [0.717, 1.165) is 0 Å². The maximum Gasteiger partial charge on any atom is 0.223 e. The molecule has 0 spiro atoms. The molecule has 0 aromatic heterocycles. The van der Waals surface area contributed by atoms with Crippen molar-refractivity contribution in [2.45, 2.75) is 25.4 Å². The van der Waals surface area contributed by atoms with Crippen LogP contribution < -0.4 is 10.1 Å². The van der Waals surface area contributed by atoms with Gasteiger partial charge in [0.05, 0.1) is 18.6 Å². The van der Waals surface area contributed by atoms with E-state index in [2.05, 4.69) is 5.32 Å². The summed E-state index contributed by atoms with van der Waals surface area (Å²) in [5.74, 6) is -0.0375. The van der Waals surface area contributed by atoms with Gasteiger partial charge in [0, 0.05) is 26.7 Å². The molecule has 6 heteroatoms. The van der Waals surface area contributed by atoms with E-state index in [-0.39, 0.29) is 31.3 Å². The molecule has 0 saturated carbocycles. The van der Waals surface area contributed by atoms with E-state index in [1.54, 1.807) is 14.0 Å². The summed E-state index contributed by atoms with van der Waals surface area (Å²) < 4.78 is 22.9. The van der Waals surface area contributed by atoms with E-state index in [1.165, 1.54) is 24.3 Å². The molecule has 0 heterocycles. The van der Waals surface area contributed by atoms with Crippen molar-refractivity contribution in [2.24, 2.45) is 0 Å². The van der Waals surface area contributed by atoms with E-state index < -0.39 is 5.60 Å². The van der Waals surface area contributed by atoms with Crippen molar-refractivity contribution in [3.05, 3.63) is 30.1 Å². The van der Waals surface area contributed by atoms with Crippen LogP contribution in [-0.2, 0) is 9.53 Å². The second-order valence-corrected chi connectivity index (χ2v) is 5.07. The summed E-state index contributed by atoms with van der Waals surface area (Å²) in [6.45, 7) is 2.42. The molecule has 1 rings (SSSR count). The summed E-state index contributed by atoms with van der Waals surface area (Å²) >= 11 is 0. The quantitative estimate of drug-likeness (QED) is 0.725. The number of benzene rings is 1. The zero-order valence-electron chi connectivity index (χ0n) is 12.4. The molecule has 1 aromatic rings. The highest BCUT2D eigenvalue weighted by molar-refractivity contribution is 5.76. The molecule has 0 aliphatic rings. The molecule has 1 aromatic carbocycles. The van der Waals surface area contributed by atoms with Crippen LogP contribution in [0.3, 0.4) is 0 Å². The number of carbonyl (C=O) groups excluding carboxylic acids is 1. The molecule has 0 fully saturated rings. The normalized spacial score (nSPS) is 13.5. The molecular weight excluding hydrogens is 277 g/mol. The first-order chi connectivity index (χ1) is 9.93. The lowest BCUT2D eigenvalue weighted by Crippen LogP contribution is -2.41. The number of amides is 1. The van der Waals surface area contributed by atoms with E-state index in [9.17, 15) is 14.3 Å². The van der Waals surface area contributed by atoms with Crippen LogP contribution in [0.2, 0.25) is 0 Å². The second-order valence-electron chi connectivity index (χ2n) is 5.07. The molecule has 0 aliphatic carbocycles. The van der Waals surface area contributed by atoms with Crippen LogP contribution in [0.15, 0.2) is 24.3 Å². The van der Waals surface area contributed by atoms with Crippen LogP contribution in [0.5, 0.6) is 5.75 Å². The van der Waals surface area contributed by atoms with Gasteiger partial charge < -0.3 is 19.9 Å². The molecule has 5 nitrogen and oxygen atoms in total. The lowest BCUT2D eigenvalue weighted by molar-refractivity contribution is -0.122. The topological polar surface area (TPSA) is 67.8 Å². The number of hydrogen-bond acceptors (Lipinski definition) is 4. The summed E-state index contributed by atoms with van der Waals surface area (Å²) in [6.07, 6.45) is 0.605.